The molecule has 19 heavy (non-hydrogen) atoms. The van der Waals surface area contributed by atoms with Gasteiger partial charge in [-0.2, -0.15) is 0 Å². The van der Waals surface area contributed by atoms with Gasteiger partial charge in [0.25, 0.3) is 0 Å². The highest BCUT2D eigenvalue weighted by molar-refractivity contribution is 5.81. The fourth-order valence-corrected chi connectivity index (χ4v) is 2.73. The summed E-state index contributed by atoms with van der Waals surface area (Å²) >= 11 is 0. The lowest BCUT2D eigenvalue weighted by atomic mass is 9.86. The van der Waals surface area contributed by atoms with Gasteiger partial charge in [-0.1, -0.05) is 31.9 Å². The second kappa shape index (κ2) is 6.60. The van der Waals surface area contributed by atoms with Crippen molar-refractivity contribution in [3.8, 4) is 0 Å². The Labute approximate surface area is 115 Å². The molecule has 1 saturated carbocycles. The molecule has 1 aliphatic carbocycles. The zero-order chi connectivity index (χ0) is 13.7. The molecule has 1 aliphatic rings. The third-order valence-electron chi connectivity index (χ3n) is 3.93. The number of hydrogen-bond acceptors (Lipinski definition) is 2. The molecule has 1 amide bonds. The maximum Gasteiger partial charge on any atom is 0.239 e. The first-order valence-electron chi connectivity index (χ1n) is 7.25. The summed E-state index contributed by atoms with van der Waals surface area (Å²) in [7, 11) is 0. The normalized spacial score (nSPS) is 22.8. The molecule has 1 aromatic rings. The lowest BCUT2D eigenvalue weighted by Crippen LogP contribution is -2.43. The topological polar surface area (TPSA) is 41.1 Å². The number of benzene rings is 1. The van der Waals surface area contributed by atoms with E-state index >= 15 is 0 Å². The highest BCUT2D eigenvalue weighted by Gasteiger charge is 2.22. The van der Waals surface area contributed by atoms with Crippen LogP contribution in [0.3, 0.4) is 0 Å². The second-order valence-corrected chi connectivity index (χ2v) is 5.66. The van der Waals surface area contributed by atoms with Gasteiger partial charge in [0.05, 0.1) is 6.54 Å². The molecule has 0 bridgehead atoms. The Morgan fingerprint density at radius 1 is 1.32 bits per heavy atom. The Kier molecular flexibility index (Phi) is 4.83. The predicted molar refractivity (Wildman–Crippen MR) is 79.2 cm³/mol. The van der Waals surface area contributed by atoms with Crippen molar-refractivity contribution in [1.82, 2.24) is 5.32 Å². The summed E-state index contributed by atoms with van der Waals surface area (Å²) in [4.78, 5) is 11.9. The molecule has 0 aliphatic heterocycles. The molecule has 0 aromatic heterocycles. The quantitative estimate of drug-likeness (QED) is 0.873. The number of amides is 1. The van der Waals surface area contributed by atoms with Crippen molar-refractivity contribution in [3.05, 3.63) is 29.8 Å². The maximum atomic E-state index is 11.9. The van der Waals surface area contributed by atoms with Crippen LogP contribution in [-0.2, 0) is 4.79 Å². The van der Waals surface area contributed by atoms with Crippen molar-refractivity contribution in [2.45, 2.75) is 45.6 Å². The number of rotatable bonds is 4. The van der Waals surface area contributed by atoms with Crippen molar-refractivity contribution in [2.24, 2.45) is 5.92 Å². The van der Waals surface area contributed by atoms with E-state index in [0.717, 1.165) is 12.1 Å². The van der Waals surface area contributed by atoms with Crippen LogP contribution in [0.15, 0.2) is 24.3 Å². The molecule has 0 saturated heterocycles. The first kappa shape index (κ1) is 13.9. The number of anilines is 1. The van der Waals surface area contributed by atoms with Crippen LogP contribution >= 0.6 is 0 Å². The van der Waals surface area contributed by atoms with E-state index in [1.165, 1.54) is 24.8 Å². The van der Waals surface area contributed by atoms with Crippen LogP contribution in [0, 0.1) is 12.8 Å². The fourth-order valence-electron chi connectivity index (χ4n) is 2.73. The number of nitrogens with one attached hydrogen (secondary N) is 2. The molecule has 104 valence electrons. The zero-order valence-electron chi connectivity index (χ0n) is 11.9. The van der Waals surface area contributed by atoms with Crippen LogP contribution in [0.5, 0.6) is 0 Å². The molecule has 0 spiro atoms. The van der Waals surface area contributed by atoms with Gasteiger partial charge in [-0.25, -0.2) is 0 Å². The third kappa shape index (κ3) is 4.27. The summed E-state index contributed by atoms with van der Waals surface area (Å²) in [6.45, 7) is 4.64. The van der Waals surface area contributed by atoms with Crippen molar-refractivity contribution < 1.29 is 4.79 Å². The number of carbonyl (C=O) groups excluding carboxylic acids is 1. The lowest BCUT2D eigenvalue weighted by molar-refractivity contribution is -0.120. The SMILES string of the molecule is Cc1cccc(NCC(=O)NC2CCCCC2C)c1. The monoisotopic (exact) mass is 260 g/mol. The highest BCUT2D eigenvalue weighted by Crippen LogP contribution is 2.23. The summed E-state index contributed by atoms with van der Waals surface area (Å²) in [5.41, 5.74) is 2.21. The Morgan fingerprint density at radius 2 is 2.11 bits per heavy atom. The highest BCUT2D eigenvalue weighted by atomic mass is 16.1. The molecule has 3 nitrogen and oxygen atoms in total. The van der Waals surface area contributed by atoms with E-state index in [-0.39, 0.29) is 5.91 Å². The number of carbonyl (C=O) groups is 1. The average Bonchev–Trinajstić information content (AvgIpc) is 2.39. The maximum absolute atomic E-state index is 11.9. The van der Waals surface area contributed by atoms with Gasteiger partial charge in [-0.3, -0.25) is 4.79 Å². The molecule has 2 unspecified atom stereocenters. The standard InChI is InChI=1S/C16H24N2O/c1-12-6-5-8-14(10-12)17-11-16(19)18-15-9-4-3-7-13(15)2/h5-6,8,10,13,15,17H,3-4,7,9,11H2,1-2H3,(H,18,19). The third-order valence-corrected chi connectivity index (χ3v) is 3.93. The Bertz CT molecular complexity index is 431. The molecule has 2 rings (SSSR count). The molecule has 0 heterocycles. The number of hydrogen-bond donors (Lipinski definition) is 2. The average molecular weight is 260 g/mol. The van der Waals surface area contributed by atoms with Gasteiger partial charge in [0, 0.05) is 11.7 Å². The summed E-state index contributed by atoms with van der Waals surface area (Å²) in [6.07, 6.45) is 4.89. The molecule has 2 N–H and O–H groups in total. The predicted octanol–water partition coefficient (Wildman–Crippen LogP) is 3.10. The van der Waals surface area contributed by atoms with Gasteiger partial charge in [-0.15, -0.1) is 0 Å². The minimum absolute atomic E-state index is 0.0975. The summed E-state index contributed by atoms with van der Waals surface area (Å²) in [5, 5.41) is 6.33. The minimum Gasteiger partial charge on any atom is -0.376 e. The van der Waals surface area contributed by atoms with E-state index in [0.29, 0.717) is 18.5 Å². The molecule has 3 heteroatoms. The molecule has 0 radical (unpaired) electrons. The van der Waals surface area contributed by atoms with Gasteiger partial charge in [0.2, 0.25) is 5.91 Å². The summed E-state index contributed by atoms with van der Waals surface area (Å²) in [5.74, 6) is 0.705. The van der Waals surface area contributed by atoms with Gasteiger partial charge in [0.15, 0.2) is 0 Å². The lowest BCUT2D eigenvalue weighted by Gasteiger charge is -2.29. The van der Waals surface area contributed by atoms with E-state index in [4.69, 9.17) is 0 Å². The fraction of sp³-hybridized carbons (Fsp3) is 0.562. The van der Waals surface area contributed by atoms with E-state index in [1.807, 2.05) is 12.1 Å². The van der Waals surface area contributed by atoms with Gasteiger partial charge >= 0.3 is 0 Å². The van der Waals surface area contributed by atoms with E-state index in [2.05, 4.69) is 36.6 Å². The summed E-state index contributed by atoms with van der Waals surface area (Å²) < 4.78 is 0. The van der Waals surface area contributed by atoms with Crippen LogP contribution in [0.1, 0.15) is 38.2 Å². The molecular weight excluding hydrogens is 236 g/mol. The van der Waals surface area contributed by atoms with Crippen LogP contribution in [-0.4, -0.2) is 18.5 Å². The minimum atomic E-state index is 0.0975. The zero-order valence-corrected chi connectivity index (χ0v) is 11.9. The second-order valence-electron chi connectivity index (χ2n) is 5.66. The Morgan fingerprint density at radius 3 is 2.84 bits per heavy atom. The van der Waals surface area contributed by atoms with Crippen molar-refractivity contribution in [1.29, 1.82) is 0 Å². The Balaban J connectivity index is 1.78. The van der Waals surface area contributed by atoms with Gasteiger partial charge in [-0.05, 0) is 43.4 Å². The van der Waals surface area contributed by atoms with Crippen molar-refractivity contribution in [2.75, 3.05) is 11.9 Å². The van der Waals surface area contributed by atoms with Crippen LogP contribution in [0.4, 0.5) is 5.69 Å². The van der Waals surface area contributed by atoms with Crippen LogP contribution in [0.2, 0.25) is 0 Å². The van der Waals surface area contributed by atoms with Crippen molar-refractivity contribution >= 4 is 11.6 Å². The molecule has 2 atom stereocenters. The van der Waals surface area contributed by atoms with E-state index in [1.54, 1.807) is 0 Å². The van der Waals surface area contributed by atoms with E-state index < -0.39 is 0 Å². The van der Waals surface area contributed by atoms with Crippen molar-refractivity contribution in [3.63, 3.8) is 0 Å². The smallest absolute Gasteiger partial charge is 0.239 e. The number of aryl methyl sites for hydroxylation is 1. The summed E-state index contributed by atoms with van der Waals surface area (Å²) in [6, 6.07) is 8.45. The largest absolute Gasteiger partial charge is 0.376 e. The molecule has 1 fully saturated rings. The van der Waals surface area contributed by atoms with Crippen LogP contribution in [0.25, 0.3) is 0 Å². The molecule has 1 aromatic carbocycles. The first-order chi connectivity index (χ1) is 9.15. The molecular formula is C16H24N2O. The van der Waals surface area contributed by atoms with Crippen LogP contribution < -0.4 is 10.6 Å². The van der Waals surface area contributed by atoms with Gasteiger partial charge < -0.3 is 10.6 Å². The van der Waals surface area contributed by atoms with Gasteiger partial charge in [0.1, 0.15) is 0 Å². The van der Waals surface area contributed by atoms with E-state index in [9.17, 15) is 4.79 Å². The first-order valence-corrected chi connectivity index (χ1v) is 7.25. The Hall–Kier alpha value is -1.51.